The quantitative estimate of drug-likeness (QED) is 0.919. The van der Waals surface area contributed by atoms with Gasteiger partial charge in [0.05, 0.1) is 7.11 Å². The van der Waals surface area contributed by atoms with Gasteiger partial charge in [0, 0.05) is 6.54 Å². The fraction of sp³-hybridized carbons (Fsp3) is 0.200. The van der Waals surface area contributed by atoms with E-state index in [1.54, 1.807) is 7.11 Å². The minimum atomic E-state index is 0. The number of nitrogens with two attached hydrogens (primary N) is 1. The molecule has 2 N–H and O–H groups in total. The van der Waals surface area contributed by atoms with Crippen molar-refractivity contribution in [1.29, 1.82) is 0 Å². The van der Waals surface area contributed by atoms with Crippen molar-refractivity contribution in [1.82, 2.24) is 0 Å². The molecular weight excluding hydrogens is 246 g/mol. The predicted octanol–water partition coefficient (Wildman–Crippen LogP) is 3.55. The first-order chi connectivity index (χ1) is 8.24. The fourth-order valence-electron chi connectivity index (χ4n) is 1.91. The second-order valence-electron chi connectivity index (χ2n) is 4.08. The van der Waals surface area contributed by atoms with Gasteiger partial charge in [-0.05, 0) is 41.3 Å². The molecule has 0 spiro atoms. The van der Waals surface area contributed by atoms with Crippen LogP contribution in [0.1, 0.15) is 11.1 Å². The SMILES string of the molecule is COc1ccc(-c2ccc(CN)cc2)c(C)c1.Cl. The Labute approximate surface area is 114 Å². The van der Waals surface area contributed by atoms with Gasteiger partial charge in [0.25, 0.3) is 0 Å². The zero-order valence-corrected chi connectivity index (χ0v) is 11.5. The molecule has 0 aliphatic heterocycles. The number of aryl methyl sites for hydroxylation is 1. The Morgan fingerprint density at radius 3 is 2.22 bits per heavy atom. The van der Waals surface area contributed by atoms with Crippen LogP contribution < -0.4 is 10.5 Å². The molecular formula is C15H18ClNO. The molecule has 2 aromatic rings. The van der Waals surface area contributed by atoms with Gasteiger partial charge in [-0.1, -0.05) is 30.3 Å². The van der Waals surface area contributed by atoms with Crippen LogP contribution in [-0.2, 0) is 6.54 Å². The molecule has 0 saturated heterocycles. The lowest BCUT2D eigenvalue weighted by molar-refractivity contribution is 0.414. The summed E-state index contributed by atoms with van der Waals surface area (Å²) in [6, 6.07) is 14.5. The van der Waals surface area contributed by atoms with Crippen molar-refractivity contribution in [3.8, 4) is 16.9 Å². The van der Waals surface area contributed by atoms with Crippen LogP contribution in [0.4, 0.5) is 0 Å². The first-order valence-electron chi connectivity index (χ1n) is 5.68. The van der Waals surface area contributed by atoms with E-state index in [0.717, 1.165) is 11.3 Å². The summed E-state index contributed by atoms with van der Waals surface area (Å²) in [7, 11) is 1.69. The Hall–Kier alpha value is -1.51. The van der Waals surface area contributed by atoms with Gasteiger partial charge in [0.1, 0.15) is 5.75 Å². The highest BCUT2D eigenvalue weighted by atomic mass is 35.5. The van der Waals surface area contributed by atoms with Crippen LogP contribution in [0.5, 0.6) is 5.75 Å². The van der Waals surface area contributed by atoms with Crippen molar-refractivity contribution in [3.63, 3.8) is 0 Å². The molecule has 96 valence electrons. The maximum atomic E-state index is 5.59. The van der Waals surface area contributed by atoms with Gasteiger partial charge in [0.2, 0.25) is 0 Å². The van der Waals surface area contributed by atoms with Crippen LogP contribution in [0.15, 0.2) is 42.5 Å². The van der Waals surface area contributed by atoms with Gasteiger partial charge in [0.15, 0.2) is 0 Å². The van der Waals surface area contributed by atoms with Crippen LogP contribution in [0.3, 0.4) is 0 Å². The lowest BCUT2D eigenvalue weighted by Gasteiger charge is -2.08. The first kappa shape index (κ1) is 14.6. The van der Waals surface area contributed by atoms with Crippen LogP contribution in [0.2, 0.25) is 0 Å². The van der Waals surface area contributed by atoms with Gasteiger partial charge in [-0.2, -0.15) is 0 Å². The van der Waals surface area contributed by atoms with E-state index in [2.05, 4.69) is 37.3 Å². The Morgan fingerprint density at radius 2 is 1.72 bits per heavy atom. The summed E-state index contributed by atoms with van der Waals surface area (Å²) in [5, 5.41) is 0. The van der Waals surface area contributed by atoms with Crippen molar-refractivity contribution in [2.45, 2.75) is 13.5 Å². The van der Waals surface area contributed by atoms with Crippen molar-refractivity contribution in [2.24, 2.45) is 5.73 Å². The largest absolute Gasteiger partial charge is 0.497 e. The van der Waals surface area contributed by atoms with Gasteiger partial charge in [-0.25, -0.2) is 0 Å². The van der Waals surface area contributed by atoms with Gasteiger partial charge in [-0.15, -0.1) is 12.4 Å². The molecule has 2 rings (SSSR count). The standard InChI is InChI=1S/C15H17NO.ClH/c1-11-9-14(17-2)7-8-15(11)13-5-3-12(10-16)4-6-13;/h3-9H,10,16H2,1-2H3;1H. The predicted molar refractivity (Wildman–Crippen MR) is 78.3 cm³/mol. The lowest BCUT2D eigenvalue weighted by atomic mass is 9.99. The smallest absolute Gasteiger partial charge is 0.119 e. The van der Waals surface area contributed by atoms with E-state index >= 15 is 0 Å². The van der Waals surface area contributed by atoms with Crippen LogP contribution in [0.25, 0.3) is 11.1 Å². The number of rotatable bonds is 3. The normalized spacial score (nSPS) is 9.72. The summed E-state index contributed by atoms with van der Waals surface area (Å²) in [5.41, 5.74) is 10.4. The second-order valence-corrected chi connectivity index (χ2v) is 4.08. The molecule has 0 heterocycles. The van der Waals surface area contributed by atoms with Gasteiger partial charge < -0.3 is 10.5 Å². The van der Waals surface area contributed by atoms with Crippen molar-refractivity contribution in [2.75, 3.05) is 7.11 Å². The number of methoxy groups -OCH3 is 1. The van der Waals surface area contributed by atoms with E-state index in [9.17, 15) is 0 Å². The van der Waals surface area contributed by atoms with E-state index < -0.39 is 0 Å². The average Bonchev–Trinajstić information content (AvgIpc) is 2.39. The minimum absolute atomic E-state index is 0. The maximum Gasteiger partial charge on any atom is 0.119 e. The summed E-state index contributed by atoms with van der Waals surface area (Å²) in [5.74, 6) is 0.893. The van der Waals surface area contributed by atoms with E-state index in [1.165, 1.54) is 16.7 Å². The van der Waals surface area contributed by atoms with Crippen LogP contribution in [0, 0.1) is 6.92 Å². The van der Waals surface area contributed by atoms with Gasteiger partial charge in [-0.3, -0.25) is 0 Å². The molecule has 0 atom stereocenters. The summed E-state index contributed by atoms with van der Waals surface area (Å²) < 4.78 is 5.21. The van der Waals surface area contributed by atoms with Crippen molar-refractivity contribution < 1.29 is 4.74 Å². The van der Waals surface area contributed by atoms with Gasteiger partial charge >= 0.3 is 0 Å². The third kappa shape index (κ3) is 3.03. The molecule has 0 unspecified atom stereocenters. The molecule has 0 saturated carbocycles. The van der Waals surface area contributed by atoms with E-state index in [-0.39, 0.29) is 12.4 Å². The fourth-order valence-corrected chi connectivity index (χ4v) is 1.91. The summed E-state index contributed by atoms with van der Waals surface area (Å²) in [4.78, 5) is 0. The Balaban J connectivity index is 0.00000162. The van der Waals surface area contributed by atoms with Crippen molar-refractivity contribution in [3.05, 3.63) is 53.6 Å². The molecule has 0 radical (unpaired) electrons. The first-order valence-corrected chi connectivity index (χ1v) is 5.68. The second kappa shape index (κ2) is 6.43. The third-order valence-corrected chi connectivity index (χ3v) is 2.93. The lowest BCUT2D eigenvalue weighted by Crippen LogP contribution is -1.95. The van der Waals surface area contributed by atoms with E-state index in [1.807, 2.05) is 12.1 Å². The molecule has 18 heavy (non-hydrogen) atoms. The topological polar surface area (TPSA) is 35.2 Å². The molecule has 0 aliphatic carbocycles. The Kier molecular flexibility index (Phi) is 5.20. The monoisotopic (exact) mass is 263 g/mol. The number of hydrogen-bond acceptors (Lipinski definition) is 2. The van der Waals surface area contributed by atoms with E-state index in [4.69, 9.17) is 10.5 Å². The Morgan fingerprint density at radius 1 is 1.06 bits per heavy atom. The molecule has 3 heteroatoms. The Bertz CT molecular complexity index is 508. The minimum Gasteiger partial charge on any atom is -0.497 e. The number of ether oxygens (including phenoxy) is 1. The van der Waals surface area contributed by atoms with Crippen molar-refractivity contribution >= 4 is 12.4 Å². The molecule has 2 aromatic carbocycles. The molecule has 0 bridgehead atoms. The molecule has 2 nitrogen and oxygen atoms in total. The number of benzene rings is 2. The van der Waals surface area contributed by atoms with E-state index in [0.29, 0.717) is 6.54 Å². The molecule has 0 aliphatic rings. The third-order valence-electron chi connectivity index (χ3n) is 2.93. The number of halogens is 1. The highest BCUT2D eigenvalue weighted by molar-refractivity contribution is 5.85. The highest BCUT2D eigenvalue weighted by Gasteiger charge is 2.03. The highest BCUT2D eigenvalue weighted by Crippen LogP contribution is 2.26. The van der Waals surface area contributed by atoms with Crippen LogP contribution >= 0.6 is 12.4 Å². The molecule has 0 amide bonds. The maximum absolute atomic E-state index is 5.59. The zero-order chi connectivity index (χ0) is 12.3. The summed E-state index contributed by atoms with van der Waals surface area (Å²) in [6.07, 6.45) is 0. The molecule has 0 aromatic heterocycles. The summed E-state index contributed by atoms with van der Waals surface area (Å²) >= 11 is 0. The zero-order valence-electron chi connectivity index (χ0n) is 10.6. The molecule has 0 fully saturated rings. The number of hydrogen-bond donors (Lipinski definition) is 1. The average molecular weight is 264 g/mol. The summed E-state index contributed by atoms with van der Waals surface area (Å²) in [6.45, 7) is 2.68. The van der Waals surface area contributed by atoms with Crippen LogP contribution in [-0.4, -0.2) is 7.11 Å².